The first-order chi connectivity index (χ1) is 13.8. The van der Waals surface area contributed by atoms with Gasteiger partial charge in [-0.3, -0.25) is 4.79 Å². The summed E-state index contributed by atoms with van der Waals surface area (Å²) < 4.78 is 5.18. The normalized spacial score (nSPS) is 11.1. The van der Waals surface area contributed by atoms with Crippen molar-refractivity contribution in [3.8, 4) is 0 Å². The van der Waals surface area contributed by atoms with Crippen LogP contribution in [0.3, 0.4) is 0 Å². The van der Waals surface area contributed by atoms with Crippen LogP contribution in [-0.2, 0) is 9.53 Å². The van der Waals surface area contributed by atoms with Gasteiger partial charge < -0.3 is 4.74 Å². The van der Waals surface area contributed by atoms with Gasteiger partial charge in [0.2, 0.25) is 0 Å². The third kappa shape index (κ3) is 23.5. The SMILES string of the molecule is CCCCCCCCCCCCCCCCCCCCCC(=O)OCCCC. The highest BCUT2D eigenvalue weighted by atomic mass is 16.5. The second-order valence-electron chi connectivity index (χ2n) is 8.69. The van der Waals surface area contributed by atoms with Crippen LogP contribution in [0.1, 0.15) is 155 Å². The molecule has 0 radical (unpaired) electrons. The molecule has 0 rings (SSSR count). The fraction of sp³-hybridized carbons (Fsp3) is 0.962. The van der Waals surface area contributed by atoms with Crippen LogP contribution in [0.25, 0.3) is 0 Å². The zero-order valence-corrected chi connectivity index (χ0v) is 19.6. The molecule has 0 N–H and O–H groups in total. The molecule has 0 spiro atoms. The highest BCUT2D eigenvalue weighted by molar-refractivity contribution is 5.69. The molecule has 0 bridgehead atoms. The fourth-order valence-corrected chi connectivity index (χ4v) is 3.75. The van der Waals surface area contributed by atoms with Crippen LogP contribution in [0.2, 0.25) is 0 Å². The lowest BCUT2D eigenvalue weighted by Gasteiger charge is -2.05. The molecule has 0 aliphatic carbocycles. The van der Waals surface area contributed by atoms with E-state index in [4.69, 9.17) is 4.74 Å². The Morgan fingerprint density at radius 1 is 0.464 bits per heavy atom. The van der Waals surface area contributed by atoms with Crippen molar-refractivity contribution >= 4 is 5.97 Å². The van der Waals surface area contributed by atoms with Gasteiger partial charge >= 0.3 is 5.97 Å². The molecule has 0 saturated heterocycles. The van der Waals surface area contributed by atoms with E-state index < -0.39 is 0 Å². The van der Waals surface area contributed by atoms with E-state index in [1.165, 1.54) is 116 Å². The van der Waals surface area contributed by atoms with E-state index in [-0.39, 0.29) is 5.97 Å². The first-order valence-corrected chi connectivity index (χ1v) is 13.0. The Morgan fingerprint density at radius 3 is 1.14 bits per heavy atom. The summed E-state index contributed by atoms with van der Waals surface area (Å²) in [6.45, 7) is 5.01. The molecule has 0 atom stereocenters. The molecule has 0 unspecified atom stereocenters. The van der Waals surface area contributed by atoms with Gasteiger partial charge in [0.1, 0.15) is 0 Å². The third-order valence-corrected chi connectivity index (χ3v) is 5.75. The Bertz CT molecular complexity index is 301. The van der Waals surface area contributed by atoms with Crippen molar-refractivity contribution in [2.45, 2.75) is 155 Å². The predicted octanol–water partition coefficient (Wildman–Crippen LogP) is 9.15. The van der Waals surface area contributed by atoms with Crippen LogP contribution < -0.4 is 0 Å². The quantitative estimate of drug-likeness (QED) is 0.127. The van der Waals surface area contributed by atoms with E-state index in [1.54, 1.807) is 0 Å². The predicted molar refractivity (Wildman–Crippen MR) is 124 cm³/mol. The first-order valence-electron chi connectivity index (χ1n) is 13.0. The fourth-order valence-electron chi connectivity index (χ4n) is 3.75. The van der Waals surface area contributed by atoms with Gasteiger partial charge in [0.25, 0.3) is 0 Å². The molecule has 0 aromatic heterocycles. The Morgan fingerprint density at radius 2 is 0.786 bits per heavy atom. The lowest BCUT2D eigenvalue weighted by atomic mass is 10.0. The summed E-state index contributed by atoms with van der Waals surface area (Å²) in [5.74, 6) is 0.000392. The van der Waals surface area contributed by atoms with E-state index in [2.05, 4.69) is 13.8 Å². The Hall–Kier alpha value is -0.530. The average Bonchev–Trinajstić information content (AvgIpc) is 2.70. The minimum Gasteiger partial charge on any atom is -0.466 e. The van der Waals surface area contributed by atoms with Crippen molar-refractivity contribution in [1.82, 2.24) is 0 Å². The molecule has 0 aliphatic rings. The van der Waals surface area contributed by atoms with Gasteiger partial charge in [-0.05, 0) is 12.8 Å². The maximum Gasteiger partial charge on any atom is 0.305 e. The van der Waals surface area contributed by atoms with Gasteiger partial charge in [0.05, 0.1) is 6.61 Å². The molecule has 0 fully saturated rings. The van der Waals surface area contributed by atoms with Gasteiger partial charge in [-0.25, -0.2) is 0 Å². The van der Waals surface area contributed by atoms with Crippen LogP contribution in [0, 0.1) is 0 Å². The Labute approximate surface area is 177 Å². The molecular formula is C26H52O2. The van der Waals surface area contributed by atoms with E-state index in [9.17, 15) is 4.79 Å². The van der Waals surface area contributed by atoms with E-state index in [0.717, 1.165) is 19.3 Å². The number of rotatable bonds is 23. The van der Waals surface area contributed by atoms with Crippen LogP contribution in [0.5, 0.6) is 0 Å². The van der Waals surface area contributed by atoms with Crippen LogP contribution in [0.4, 0.5) is 0 Å². The molecule has 2 nitrogen and oxygen atoms in total. The molecule has 0 aromatic carbocycles. The second kappa shape index (κ2) is 24.5. The second-order valence-corrected chi connectivity index (χ2v) is 8.69. The first kappa shape index (κ1) is 27.5. The van der Waals surface area contributed by atoms with Crippen molar-refractivity contribution in [3.63, 3.8) is 0 Å². The van der Waals surface area contributed by atoms with Crippen molar-refractivity contribution in [2.75, 3.05) is 6.61 Å². The van der Waals surface area contributed by atoms with Crippen LogP contribution >= 0.6 is 0 Å². The smallest absolute Gasteiger partial charge is 0.305 e. The van der Waals surface area contributed by atoms with Crippen molar-refractivity contribution in [2.24, 2.45) is 0 Å². The summed E-state index contributed by atoms with van der Waals surface area (Å²) in [6, 6.07) is 0. The molecule has 0 heterocycles. The zero-order chi connectivity index (χ0) is 20.5. The maximum absolute atomic E-state index is 11.5. The minimum atomic E-state index is 0.000392. The summed E-state index contributed by atoms with van der Waals surface area (Å²) in [5.41, 5.74) is 0. The molecule has 0 aliphatic heterocycles. The average molecular weight is 397 g/mol. The number of esters is 1. The van der Waals surface area contributed by atoms with Crippen molar-refractivity contribution in [1.29, 1.82) is 0 Å². The summed E-state index contributed by atoms with van der Waals surface area (Å²) >= 11 is 0. The number of ether oxygens (including phenoxy) is 1. The highest BCUT2D eigenvalue weighted by Crippen LogP contribution is 2.14. The zero-order valence-electron chi connectivity index (χ0n) is 19.6. The molecule has 0 aromatic rings. The van der Waals surface area contributed by atoms with Gasteiger partial charge in [0, 0.05) is 6.42 Å². The minimum absolute atomic E-state index is 0.000392. The number of unbranched alkanes of at least 4 members (excludes halogenated alkanes) is 19. The number of hydrogen-bond acceptors (Lipinski definition) is 2. The van der Waals surface area contributed by atoms with Crippen LogP contribution in [-0.4, -0.2) is 12.6 Å². The number of carbonyl (C=O) groups excluding carboxylic acids is 1. The molecule has 0 saturated carbocycles. The highest BCUT2D eigenvalue weighted by Gasteiger charge is 2.01. The lowest BCUT2D eigenvalue weighted by molar-refractivity contribution is -0.143. The molecular weight excluding hydrogens is 344 g/mol. The van der Waals surface area contributed by atoms with Crippen LogP contribution in [0.15, 0.2) is 0 Å². The maximum atomic E-state index is 11.5. The van der Waals surface area contributed by atoms with Crippen molar-refractivity contribution in [3.05, 3.63) is 0 Å². The largest absolute Gasteiger partial charge is 0.466 e. The monoisotopic (exact) mass is 396 g/mol. The summed E-state index contributed by atoms with van der Waals surface area (Å²) in [6.07, 6.45) is 29.0. The van der Waals surface area contributed by atoms with Gasteiger partial charge in [-0.1, -0.05) is 136 Å². The molecule has 0 amide bonds. The molecule has 28 heavy (non-hydrogen) atoms. The third-order valence-electron chi connectivity index (χ3n) is 5.75. The topological polar surface area (TPSA) is 26.3 Å². The number of hydrogen-bond donors (Lipinski definition) is 0. The number of carbonyl (C=O) groups is 1. The van der Waals surface area contributed by atoms with E-state index >= 15 is 0 Å². The van der Waals surface area contributed by atoms with E-state index in [1.807, 2.05) is 0 Å². The molecule has 168 valence electrons. The standard InChI is InChI=1S/C26H52O2/c1-3-5-7-8-9-10-11-12-13-14-15-16-17-18-19-20-21-22-23-24-26(27)28-25-6-4-2/h3-25H2,1-2H3. The van der Waals surface area contributed by atoms with Gasteiger partial charge in [-0.15, -0.1) is 0 Å². The lowest BCUT2D eigenvalue weighted by Crippen LogP contribution is -2.05. The Kier molecular flexibility index (Phi) is 24.0. The summed E-state index contributed by atoms with van der Waals surface area (Å²) in [4.78, 5) is 11.5. The summed E-state index contributed by atoms with van der Waals surface area (Å²) in [7, 11) is 0. The van der Waals surface area contributed by atoms with Gasteiger partial charge in [-0.2, -0.15) is 0 Å². The van der Waals surface area contributed by atoms with Crippen molar-refractivity contribution < 1.29 is 9.53 Å². The van der Waals surface area contributed by atoms with E-state index in [0.29, 0.717) is 13.0 Å². The molecule has 2 heteroatoms. The Balaban J connectivity index is 3.06. The summed E-state index contributed by atoms with van der Waals surface area (Å²) in [5, 5.41) is 0. The van der Waals surface area contributed by atoms with Gasteiger partial charge in [0.15, 0.2) is 0 Å².